The van der Waals surface area contributed by atoms with Crippen molar-refractivity contribution in [2.24, 2.45) is 0 Å². The minimum Gasteiger partial charge on any atom is -0.389 e. The maximum Gasteiger partial charge on any atom is 0.255 e. The third-order valence-electron chi connectivity index (χ3n) is 2.73. The summed E-state index contributed by atoms with van der Waals surface area (Å²) in [4.78, 5) is 12.0. The second kappa shape index (κ2) is 5.99. The molecule has 98 valence electrons. The number of carbonyl (C=O) groups is 1. The van der Waals surface area contributed by atoms with Gasteiger partial charge in [0.25, 0.3) is 5.91 Å². The van der Waals surface area contributed by atoms with E-state index in [0.717, 1.165) is 10.0 Å². The number of carbonyl (C=O) groups excluding carboxylic acids is 1. The number of halogens is 1. The highest BCUT2D eigenvalue weighted by atomic mass is 79.9. The second-order valence-electron chi connectivity index (χ2n) is 4.26. The van der Waals surface area contributed by atoms with Crippen LogP contribution in [0.2, 0.25) is 0 Å². The zero-order chi connectivity index (χ0) is 13.8. The summed E-state index contributed by atoms with van der Waals surface area (Å²) >= 11 is 3.33. The highest BCUT2D eigenvalue weighted by molar-refractivity contribution is 9.10. The first-order valence-electron chi connectivity index (χ1n) is 5.91. The Morgan fingerprint density at radius 2 is 1.89 bits per heavy atom. The molecule has 3 nitrogen and oxygen atoms in total. The van der Waals surface area contributed by atoms with Gasteiger partial charge in [-0.15, -0.1) is 0 Å². The molecule has 1 atom stereocenters. The number of benzene rings is 2. The SMILES string of the molecule is CC(O)c1cccc(NC(=O)c2ccc(Br)cc2)c1. The molecule has 2 N–H and O–H groups in total. The van der Waals surface area contributed by atoms with Crippen molar-refractivity contribution in [2.75, 3.05) is 5.32 Å². The minimum atomic E-state index is -0.551. The van der Waals surface area contributed by atoms with Gasteiger partial charge in [-0.2, -0.15) is 0 Å². The fourth-order valence-electron chi connectivity index (χ4n) is 1.68. The number of amides is 1. The third-order valence-corrected chi connectivity index (χ3v) is 3.26. The molecule has 0 aliphatic heterocycles. The molecule has 19 heavy (non-hydrogen) atoms. The van der Waals surface area contributed by atoms with Gasteiger partial charge < -0.3 is 10.4 Å². The maximum absolute atomic E-state index is 12.0. The Labute approximate surface area is 120 Å². The standard InChI is InChI=1S/C15H14BrNO2/c1-10(18)12-3-2-4-14(9-12)17-15(19)11-5-7-13(16)8-6-11/h2-10,18H,1H3,(H,17,19). The smallest absolute Gasteiger partial charge is 0.255 e. The van der Waals surface area contributed by atoms with Gasteiger partial charge >= 0.3 is 0 Å². The van der Waals surface area contributed by atoms with E-state index in [4.69, 9.17) is 0 Å². The molecule has 0 aromatic heterocycles. The lowest BCUT2D eigenvalue weighted by molar-refractivity contribution is 0.102. The lowest BCUT2D eigenvalue weighted by Crippen LogP contribution is -2.11. The molecule has 1 unspecified atom stereocenters. The van der Waals surface area contributed by atoms with Gasteiger partial charge in [0.05, 0.1) is 6.10 Å². The van der Waals surface area contributed by atoms with Crippen molar-refractivity contribution in [1.29, 1.82) is 0 Å². The number of hydrogen-bond donors (Lipinski definition) is 2. The van der Waals surface area contributed by atoms with E-state index in [0.29, 0.717) is 11.3 Å². The number of aliphatic hydroxyl groups is 1. The molecule has 0 heterocycles. The summed E-state index contributed by atoms with van der Waals surface area (Å²) in [6.45, 7) is 1.69. The molecule has 0 bridgehead atoms. The number of nitrogens with one attached hydrogen (secondary N) is 1. The highest BCUT2D eigenvalue weighted by Crippen LogP contribution is 2.18. The van der Waals surface area contributed by atoms with Crippen molar-refractivity contribution >= 4 is 27.5 Å². The normalized spacial score (nSPS) is 11.9. The van der Waals surface area contributed by atoms with Gasteiger partial charge in [-0.25, -0.2) is 0 Å². The van der Waals surface area contributed by atoms with Crippen molar-refractivity contribution < 1.29 is 9.90 Å². The fourth-order valence-corrected chi connectivity index (χ4v) is 1.95. The van der Waals surface area contributed by atoms with Gasteiger partial charge in [0.15, 0.2) is 0 Å². The van der Waals surface area contributed by atoms with E-state index < -0.39 is 6.10 Å². The monoisotopic (exact) mass is 319 g/mol. The Morgan fingerprint density at radius 3 is 2.53 bits per heavy atom. The van der Waals surface area contributed by atoms with Gasteiger partial charge in [-0.05, 0) is 48.9 Å². The van der Waals surface area contributed by atoms with Crippen molar-refractivity contribution in [3.05, 3.63) is 64.1 Å². The Morgan fingerprint density at radius 1 is 1.21 bits per heavy atom. The quantitative estimate of drug-likeness (QED) is 0.905. The Kier molecular flexibility index (Phi) is 4.35. The Bertz CT molecular complexity index is 579. The van der Waals surface area contributed by atoms with E-state index in [9.17, 15) is 9.90 Å². The summed E-state index contributed by atoms with van der Waals surface area (Å²) < 4.78 is 0.931. The molecule has 2 aromatic rings. The molecule has 1 amide bonds. The van der Waals surface area contributed by atoms with Gasteiger partial charge in [0.2, 0.25) is 0 Å². The first kappa shape index (κ1) is 13.8. The third kappa shape index (κ3) is 3.66. The fraction of sp³-hybridized carbons (Fsp3) is 0.133. The molecule has 0 saturated heterocycles. The molecular formula is C15H14BrNO2. The van der Waals surface area contributed by atoms with Crippen LogP contribution < -0.4 is 5.32 Å². The van der Waals surface area contributed by atoms with E-state index in [2.05, 4.69) is 21.2 Å². The van der Waals surface area contributed by atoms with Crippen LogP contribution >= 0.6 is 15.9 Å². The number of anilines is 1. The molecule has 0 aliphatic carbocycles. The molecule has 0 fully saturated rings. The van der Waals surface area contributed by atoms with Crippen molar-refractivity contribution in [3.8, 4) is 0 Å². The predicted octanol–water partition coefficient (Wildman–Crippen LogP) is 3.75. The van der Waals surface area contributed by atoms with Crippen LogP contribution in [0.4, 0.5) is 5.69 Å². The number of rotatable bonds is 3. The van der Waals surface area contributed by atoms with E-state index in [1.54, 1.807) is 37.3 Å². The molecule has 0 spiro atoms. The molecule has 2 aromatic carbocycles. The van der Waals surface area contributed by atoms with Crippen LogP contribution in [0, 0.1) is 0 Å². The zero-order valence-corrected chi connectivity index (χ0v) is 12.0. The van der Waals surface area contributed by atoms with E-state index in [1.165, 1.54) is 0 Å². The first-order chi connectivity index (χ1) is 9.06. The average Bonchev–Trinajstić information content (AvgIpc) is 2.39. The van der Waals surface area contributed by atoms with Crippen molar-refractivity contribution in [1.82, 2.24) is 0 Å². The molecular weight excluding hydrogens is 306 g/mol. The maximum atomic E-state index is 12.0. The predicted molar refractivity (Wildman–Crippen MR) is 79.2 cm³/mol. The van der Waals surface area contributed by atoms with Crippen LogP contribution in [0.1, 0.15) is 28.9 Å². The van der Waals surface area contributed by atoms with Crippen LogP contribution in [0.15, 0.2) is 53.0 Å². The summed E-state index contributed by atoms with van der Waals surface area (Å²) in [6, 6.07) is 14.3. The van der Waals surface area contributed by atoms with Crippen LogP contribution in [0.3, 0.4) is 0 Å². The Hall–Kier alpha value is -1.65. The van der Waals surface area contributed by atoms with E-state index in [1.807, 2.05) is 18.2 Å². The van der Waals surface area contributed by atoms with Crippen LogP contribution in [0.25, 0.3) is 0 Å². The lowest BCUT2D eigenvalue weighted by atomic mass is 10.1. The van der Waals surface area contributed by atoms with Crippen molar-refractivity contribution in [3.63, 3.8) is 0 Å². The highest BCUT2D eigenvalue weighted by Gasteiger charge is 2.07. The summed E-state index contributed by atoms with van der Waals surface area (Å²) in [7, 11) is 0. The largest absolute Gasteiger partial charge is 0.389 e. The van der Waals surface area contributed by atoms with Gasteiger partial charge in [-0.3, -0.25) is 4.79 Å². The number of aliphatic hydroxyl groups excluding tert-OH is 1. The topological polar surface area (TPSA) is 49.3 Å². The second-order valence-corrected chi connectivity index (χ2v) is 5.18. The summed E-state index contributed by atoms with van der Waals surface area (Å²) in [6.07, 6.45) is -0.551. The molecule has 2 rings (SSSR count). The molecule has 4 heteroatoms. The van der Waals surface area contributed by atoms with Crippen LogP contribution in [0.5, 0.6) is 0 Å². The van der Waals surface area contributed by atoms with Gasteiger partial charge in [0.1, 0.15) is 0 Å². The lowest BCUT2D eigenvalue weighted by Gasteiger charge is -2.09. The molecule has 0 aliphatic rings. The van der Waals surface area contributed by atoms with Crippen LogP contribution in [-0.2, 0) is 0 Å². The summed E-state index contributed by atoms with van der Waals surface area (Å²) in [5.74, 6) is -0.171. The summed E-state index contributed by atoms with van der Waals surface area (Å²) in [5.41, 5.74) is 2.03. The van der Waals surface area contributed by atoms with Gasteiger partial charge in [-0.1, -0.05) is 28.1 Å². The first-order valence-corrected chi connectivity index (χ1v) is 6.70. The minimum absolute atomic E-state index is 0.171. The van der Waals surface area contributed by atoms with E-state index in [-0.39, 0.29) is 5.91 Å². The molecule has 0 saturated carbocycles. The number of hydrogen-bond acceptors (Lipinski definition) is 2. The van der Waals surface area contributed by atoms with E-state index >= 15 is 0 Å². The zero-order valence-electron chi connectivity index (χ0n) is 10.4. The van der Waals surface area contributed by atoms with Gasteiger partial charge in [0, 0.05) is 15.7 Å². The molecule has 0 radical (unpaired) electrons. The Balaban J connectivity index is 2.14. The average molecular weight is 320 g/mol. The summed E-state index contributed by atoms with van der Waals surface area (Å²) in [5, 5.41) is 12.3. The van der Waals surface area contributed by atoms with Crippen molar-refractivity contribution in [2.45, 2.75) is 13.0 Å². The van der Waals surface area contributed by atoms with Crippen LogP contribution in [-0.4, -0.2) is 11.0 Å².